The first-order chi connectivity index (χ1) is 15.0. The van der Waals surface area contributed by atoms with Gasteiger partial charge in [0, 0.05) is 30.1 Å². The molecule has 1 fully saturated rings. The molecular formula is C22H21N3O4S2. The van der Waals surface area contributed by atoms with Gasteiger partial charge in [0.25, 0.3) is 0 Å². The Morgan fingerprint density at radius 1 is 1.06 bits per heavy atom. The van der Waals surface area contributed by atoms with Crippen molar-refractivity contribution in [3.05, 3.63) is 71.6 Å². The van der Waals surface area contributed by atoms with Crippen LogP contribution in [0.15, 0.2) is 70.9 Å². The lowest BCUT2D eigenvalue weighted by atomic mass is 10.2. The van der Waals surface area contributed by atoms with E-state index in [1.165, 1.54) is 21.7 Å². The largest absolute Gasteiger partial charge is 0.379 e. The molecule has 2 heterocycles. The molecule has 0 aliphatic carbocycles. The Balaban J connectivity index is 1.42. The normalized spacial score (nSPS) is 15.2. The number of benzene rings is 2. The van der Waals surface area contributed by atoms with E-state index in [-0.39, 0.29) is 10.8 Å². The Morgan fingerprint density at radius 3 is 2.48 bits per heavy atom. The van der Waals surface area contributed by atoms with E-state index >= 15 is 0 Å². The maximum Gasteiger partial charge on any atom is 0.250 e. The third-order valence-corrected chi connectivity index (χ3v) is 7.39. The van der Waals surface area contributed by atoms with Crippen LogP contribution in [0.25, 0.3) is 17.3 Å². The van der Waals surface area contributed by atoms with Crippen molar-refractivity contribution in [3.63, 3.8) is 0 Å². The van der Waals surface area contributed by atoms with E-state index < -0.39 is 10.0 Å². The van der Waals surface area contributed by atoms with Crippen LogP contribution in [0.4, 0.5) is 5.13 Å². The number of hydrogen-bond acceptors (Lipinski definition) is 6. The molecular weight excluding hydrogens is 434 g/mol. The zero-order valence-corrected chi connectivity index (χ0v) is 18.2. The predicted octanol–water partition coefficient (Wildman–Crippen LogP) is 3.48. The number of sulfonamides is 1. The van der Waals surface area contributed by atoms with Gasteiger partial charge < -0.3 is 4.74 Å². The molecule has 2 aromatic carbocycles. The molecule has 0 spiro atoms. The van der Waals surface area contributed by atoms with E-state index in [1.807, 2.05) is 35.7 Å². The Bertz CT molecular complexity index is 1170. The van der Waals surface area contributed by atoms with Gasteiger partial charge in [0.15, 0.2) is 5.13 Å². The minimum Gasteiger partial charge on any atom is -0.379 e. The minimum atomic E-state index is -3.53. The first-order valence-electron chi connectivity index (χ1n) is 9.70. The zero-order valence-electron chi connectivity index (χ0n) is 16.6. The number of nitrogens with zero attached hydrogens (tertiary/aromatic N) is 2. The third-order valence-electron chi connectivity index (χ3n) is 4.72. The smallest absolute Gasteiger partial charge is 0.250 e. The molecule has 0 bridgehead atoms. The average Bonchev–Trinajstić information content (AvgIpc) is 3.27. The molecule has 1 aromatic heterocycles. The lowest BCUT2D eigenvalue weighted by Gasteiger charge is -2.26. The van der Waals surface area contributed by atoms with Crippen molar-refractivity contribution in [1.29, 1.82) is 0 Å². The first-order valence-corrected chi connectivity index (χ1v) is 12.0. The highest BCUT2D eigenvalue weighted by molar-refractivity contribution is 7.89. The number of nitrogens with one attached hydrogen (secondary N) is 1. The molecule has 1 N–H and O–H groups in total. The lowest BCUT2D eigenvalue weighted by molar-refractivity contribution is -0.111. The molecule has 0 radical (unpaired) electrons. The number of amides is 1. The van der Waals surface area contributed by atoms with Gasteiger partial charge >= 0.3 is 0 Å². The number of ether oxygens (including phenoxy) is 1. The number of morpholine rings is 1. The van der Waals surface area contributed by atoms with Gasteiger partial charge in [-0.2, -0.15) is 4.31 Å². The maximum atomic E-state index is 12.7. The van der Waals surface area contributed by atoms with Crippen LogP contribution in [0.2, 0.25) is 0 Å². The van der Waals surface area contributed by atoms with E-state index in [0.29, 0.717) is 37.1 Å². The van der Waals surface area contributed by atoms with E-state index in [4.69, 9.17) is 4.74 Å². The summed E-state index contributed by atoms with van der Waals surface area (Å²) in [6, 6.07) is 16.2. The second-order valence-corrected chi connectivity index (χ2v) is 9.61. The van der Waals surface area contributed by atoms with E-state index in [0.717, 1.165) is 11.1 Å². The first kappa shape index (κ1) is 21.4. The summed E-state index contributed by atoms with van der Waals surface area (Å²) in [6.07, 6.45) is 3.19. The SMILES string of the molecule is O=C(/C=C/c1ccccc1)Nc1nc(-c2ccc(S(=O)(=O)N3CCOCC3)cc2)cs1. The summed E-state index contributed by atoms with van der Waals surface area (Å²) < 4.78 is 32.1. The highest BCUT2D eigenvalue weighted by Gasteiger charge is 2.26. The lowest BCUT2D eigenvalue weighted by Crippen LogP contribution is -2.40. The molecule has 7 nitrogen and oxygen atoms in total. The molecule has 9 heteroatoms. The second-order valence-electron chi connectivity index (χ2n) is 6.81. The van der Waals surface area contributed by atoms with Gasteiger partial charge in [0.1, 0.15) is 0 Å². The van der Waals surface area contributed by atoms with Crippen molar-refractivity contribution < 1.29 is 17.9 Å². The third kappa shape index (κ3) is 5.26. The van der Waals surface area contributed by atoms with Gasteiger partial charge in [-0.3, -0.25) is 10.1 Å². The van der Waals surface area contributed by atoms with Crippen LogP contribution in [0.1, 0.15) is 5.56 Å². The molecule has 160 valence electrons. The van der Waals surface area contributed by atoms with Crippen LogP contribution in [0.5, 0.6) is 0 Å². The van der Waals surface area contributed by atoms with Crippen molar-refractivity contribution in [2.75, 3.05) is 31.6 Å². The summed E-state index contributed by atoms with van der Waals surface area (Å²) in [5, 5.41) is 5.04. The number of aromatic nitrogens is 1. The van der Waals surface area contributed by atoms with E-state index in [9.17, 15) is 13.2 Å². The summed E-state index contributed by atoms with van der Waals surface area (Å²) >= 11 is 1.31. The fourth-order valence-corrected chi connectivity index (χ4v) is 5.21. The topological polar surface area (TPSA) is 88.6 Å². The van der Waals surface area contributed by atoms with Gasteiger partial charge in [-0.05, 0) is 23.8 Å². The summed E-state index contributed by atoms with van der Waals surface area (Å²) in [7, 11) is -3.53. The Hall–Kier alpha value is -2.85. The summed E-state index contributed by atoms with van der Waals surface area (Å²) in [4.78, 5) is 16.8. The molecule has 0 atom stereocenters. The highest BCUT2D eigenvalue weighted by Crippen LogP contribution is 2.27. The van der Waals surface area contributed by atoms with Crippen LogP contribution in [-0.4, -0.2) is 49.9 Å². The van der Waals surface area contributed by atoms with Crippen LogP contribution < -0.4 is 5.32 Å². The number of carbonyl (C=O) groups excluding carboxylic acids is 1. The zero-order chi connectivity index (χ0) is 21.7. The standard InChI is InChI=1S/C22H21N3O4S2/c26-21(11-6-17-4-2-1-3-5-17)24-22-23-20(16-30-22)18-7-9-19(10-8-18)31(27,28)25-12-14-29-15-13-25/h1-11,16H,12-15H2,(H,23,24,26)/b11-6+. The molecule has 1 aliphatic rings. The van der Waals surface area contributed by atoms with Crippen molar-refractivity contribution >= 4 is 38.5 Å². The molecule has 1 aliphatic heterocycles. The number of hydrogen-bond donors (Lipinski definition) is 1. The van der Waals surface area contributed by atoms with E-state index in [2.05, 4.69) is 10.3 Å². The van der Waals surface area contributed by atoms with Gasteiger partial charge in [-0.25, -0.2) is 13.4 Å². The summed E-state index contributed by atoms with van der Waals surface area (Å²) in [5.74, 6) is -0.267. The quantitative estimate of drug-likeness (QED) is 0.575. The molecule has 4 rings (SSSR count). The fourth-order valence-electron chi connectivity index (χ4n) is 3.08. The van der Waals surface area contributed by atoms with Crippen molar-refractivity contribution in [2.45, 2.75) is 4.90 Å². The molecule has 1 saturated heterocycles. The van der Waals surface area contributed by atoms with Crippen molar-refractivity contribution in [1.82, 2.24) is 9.29 Å². The molecule has 1 amide bonds. The van der Waals surface area contributed by atoms with Crippen LogP contribution in [0, 0.1) is 0 Å². The van der Waals surface area contributed by atoms with Crippen LogP contribution in [0.3, 0.4) is 0 Å². The molecule has 0 unspecified atom stereocenters. The fraction of sp³-hybridized carbons (Fsp3) is 0.182. The monoisotopic (exact) mass is 455 g/mol. The van der Waals surface area contributed by atoms with Crippen LogP contribution in [-0.2, 0) is 19.6 Å². The van der Waals surface area contributed by atoms with Gasteiger partial charge in [-0.15, -0.1) is 11.3 Å². The number of anilines is 1. The van der Waals surface area contributed by atoms with Crippen molar-refractivity contribution in [2.24, 2.45) is 0 Å². The van der Waals surface area contributed by atoms with Crippen molar-refractivity contribution in [3.8, 4) is 11.3 Å². The highest BCUT2D eigenvalue weighted by atomic mass is 32.2. The number of carbonyl (C=O) groups is 1. The summed E-state index contributed by atoms with van der Waals surface area (Å²) in [6.45, 7) is 1.53. The Kier molecular flexibility index (Phi) is 6.57. The van der Waals surface area contributed by atoms with Gasteiger partial charge in [0.2, 0.25) is 15.9 Å². The molecule has 3 aromatic rings. The summed E-state index contributed by atoms with van der Waals surface area (Å²) in [5.41, 5.74) is 2.38. The average molecular weight is 456 g/mol. The Morgan fingerprint density at radius 2 is 1.77 bits per heavy atom. The maximum absolute atomic E-state index is 12.7. The van der Waals surface area contributed by atoms with Crippen LogP contribution >= 0.6 is 11.3 Å². The minimum absolute atomic E-state index is 0.243. The Labute approximate surface area is 185 Å². The molecule has 31 heavy (non-hydrogen) atoms. The predicted molar refractivity (Wildman–Crippen MR) is 121 cm³/mol. The van der Waals surface area contributed by atoms with Gasteiger partial charge in [-0.1, -0.05) is 42.5 Å². The number of thiazole rings is 1. The second kappa shape index (κ2) is 9.52. The number of rotatable bonds is 6. The molecule has 0 saturated carbocycles. The van der Waals surface area contributed by atoms with Gasteiger partial charge in [0.05, 0.1) is 23.8 Å². The van der Waals surface area contributed by atoms with E-state index in [1.54, 1.807) is 30.3 Å².